The molecule has 5 aliphatic rings. The standard InChI is InChI=1S/C34H52O7/c1-19-11-14-34(29(38)39)16-15-32(7)23(27(34)20(19)2)9-10-26-30(5)17-24(41-22(4)36)28(37)31(6,18-40-21(3)35)25(30)12-13-33(26,32)8/h9,19-20,24-28,37H,10-18H2,1-8H3,(H,38,39). The minimum absolute atomic E-state index is 0.0435. The minimum Gasteiger partial charge on any atom is -0.481 e. The van der Waals surface area contributed by atoms with Crippen LogP contribution in [0, 0.1) is 56.7 Å². The van der Waals surface area contributed by atoms with Crippen molar-refractivity contribution in [1.82, 2.24) is 0 Å². The number of allylic oxidation sites excluding steroid dienone is 2. The minimum atomic E-state index is -0.936. The van der Waals surface area contributed by atoms with E-state index in [2.05, 4.69) is 40.7 Å². The van der Waals surface area contributed by atoms with Crippen LogP contribution in [0.2, 0.25) is 0 Å². The molecule has 4 saturated carbocycles. The van der Waals surface area contributed by atoms with Crippen molar-refractivity contribution < 1.29 is 34.1 Å². The van der Waals surface area contributed by atoms with Crippen molar-refractivity contribution in [2.24, 2.45) is 56.7 Å². The Hall–Kier alpha value is -1.89. The lowest BCUT2D eigenvalue weighted by Crippen LogP contribution is -2.68. The first-order valence-corrected chi connectivity index (χ1v) is 15.9. The molecule has 12 unspecified atom stereocenters. The van der Waals surface area contributed by atoms with Crippen molar-refractivity contribution in [2.45, 2.75) is 119 Å². The van der Waals surface area contributed by atoms with E-state index >= 15 is 0 Å². The van der Waals surface area contributed by atoms with E-state index in [1.807, 2.05) is 6.92 Å². The van der Waals surface area contributed by atoms with Crippen molar-refractivity contribution in [3.63, 3.8) is 0 Å². The number of hydrogen-bond acceptors (Lipinski definition) is 6. The lowest BCUT2D eigenvalue weighted by atomic mass is 9.33. The molecule has 0 aliphatic heterocycles. The van der Waals surface area contributed by atoms with E-state index in [0.29, 0.717) is 24.7 Å². The summed E-state index contributed by atoms with van der Waals surface area (Å²) in [6, 6.07) is 0. The predicted molar refractivity (Wildman–Crippen MR) is 155 cm³/mol. The predicted octanol–water partition coefficient (Wildman–Crippen LogP) is 6.17. The first-order chi connectivity index (χ1) is 19.0. The van der Waals surface area contributed by atoms with E-state index in [-0.39, 0.29) is 46.6 Å². The van der Waals surface area contributed by atoms with Gasteiger partial charge < -0.3 is 19.7 Å². The molecule has 7 heteroatoms. The maximum absolute atomic E-state index is 13.0. The third-order valence-electron chi connectivity index (χ3n) is 14.0. The number of ether oxygens (including phenoxy) is 2. The molecule has 2 N–H and O–H groups in total. The second-order valence-electron chi connectivity index (χ2n) is 15.7. The van der Waals surface area contributed by atoms with Crippen LogP contribution in [0.1, 0.15) is 107 Å². The van der Waals surface area contributed by atoms with Crippen LogP contribution in [-0.2, 0) is 23.9 Å². The zero-order chi connectivity index (χ0) is 30.3. The van der Waals surface area contributed by atoms with E-state index in [9.17, 15) is 24.6 Å². The van der Waals surface area contributed by atoms with Gasteiger partial charge in [0.15, 0.2) is 0 Å². The Morgan fingerprint density at radius 1 is 0.951 bits per heavy atom. The summed E-state index contributed by atoms with van der Waals surface area (Å²) in [6.07, 6.45) is 7.32. The van der Waals surface area contributed by atoms with Gasteiger partial charge in [0.2, 0.25) is 0 Å². The Morgan fingerprint density at radius 2 is 1.63 bits per heavy atom. The molecule has 0 aromatic rings. The number of carbonyl (C=O) groups is 3. The highest BCUT2D eigenvalue weighted by atomic mass is 16.6. The number of aliphatic hydroxyl groups excluding tert-OH is 1. The smallest absolute Gasteiger partial charge is 0.310 e. The van der Waals surface area contributed by atoms with Gasteiger partial charge in [0.25, 0.3) is 0 Å². The van der Waals surface area contributed by atoms with Crippen molar-refractivity contribution >= 4 is 17.9 Å². The number of aliphatic hydroxyl groups is 1. The lowest BCUT2D eigenvalue weighted by Gasteiger charge is -2.71. The van der Waals surface area contributed by atoms with Gasteiger partial charge in [0.1, 0.15) is 6.10 Å². The number of rotatable bonds is 4. The van der Waals surface area contributed by atoms with Crippen LogP contribution < -0.4 is 0 Å². The van der Waals surface area contributed by atoms with Gasteiger partial charge >= 0.3 is 17.9 Å². The van der Waals surface area contributed by atoms with Gasteiger partial charge in [-0.05, 0) is 97.2 Å². The lowest BCUT2D eigenvalue weighted by molar-refractivity contribution is -0.250. The molecule has 0 saturated heterocycles. The Labute approximate surface area is 245 Å². The van der Waals surface area contributed by atoms with E-state index in [4.69, 9.17) is 9.47 Å². The Morgan fingerprint density at radius 3 is 2.24 bits per heavy atom. The average molecular weight is 573 g/mol. The fourth-order valence-electron chi connectivity index (χ4n) is 11.5. The molecule has 230 valence electrons. The molecule has 4 fully saturated rings. The largest absolute Gasteiger partial charge is 0.481 e. The molecule has 5 aliphatic carbocycles. The number of aliphatic carboxylic acids is 1. The number of fused-ring (bicyclic) bond motifs is 7. The monoisotopic (exact) mass is 572 g/mol. The van der Waals surface area contributed by atoms with Crippen LogP contribution in [0.15, 0.2) is 11.6 Å². The molecule has 0 aromatic heterocycles. The van der Waals surface area contributed by atoms with Crippen molar-refractivity contribution in [2.75, 3.05) is 6.61 Å². The number of carboxylic acids is 1. The van der Waals surface area contributed by atoms with Crippen LogP contribution in [0.5, 0.6) is 0 Å². The summed E-state index contributed by atoms with van der Waals surface area (Å²) >= 11 is 0. The SMILES string of the molecule is CC(=O)OCC1(C)C(O)C(OC(C)=O)CC2(C)C1CCC1(C)C2CC=C2C3C(C)C(C)CCC3(C(=O)O)CCC21C. The maximum Gasteiger partial charge on any atom is 0.310 e. The summed E-state index contributed by atoms with van der Waals surface area (Å²) < 4.78 is 11.4. The first-order valence-electron chi connectivity index (χ1n) is 15.9. The summed E-state index contributed by atoms with van der Waals surface area (Å²) in [7, 11) is 0. The summed E-state index contributed by atoms with van der Waals surface area (Å²) in [5.74, 6) is -0.265. The van der Waals surface area contributed by atoms with Gasteiger partial charge in [0, 0.05) is 19.3 Å². The van der Waals surface area contributed by atoms with Gasteiger partial charge in [0.05, 0.1) is 18.1 Å². The molecule has 41 heavy (non-hydrogen) atoms. The summed E-state index contributed by atoms with van der Waals surface area (Å²) in [5.41, 5.74) is -0.570. The molecule has 5 rings (SSSR count). The van der Waals surface area contributed by atoms with Gasteiger partial charge in [-0.15, -0.1) is 0 Å². The zero-order valence-corrected chi connectivity index (χ0v) is 26.4. The quantitative estimate of drug-likeness (QED) is 0.306. The molecular formula is C34H52O7. The summed E-state index contributed by atoms with van der Waals surface area (Å²) in [4.78, 5) is 37.0. The molecule has 0 spiro atoms. The van der Waals surface area contributed by atoms with E-state index < -0.39 is 35.0 Å². The normalized spacial score (nSPS) is 50.7. The third-order valence-corrected chi connectivity index (χ3v) is 14.0. The van der Waals surface area contributed by atoms with Crippen LogP contribution in [0.3, 0.4) is 0 Å². The molecule has 0 amide bonds. The number of carbonyl (C=O) groups excluding carboxylic acids is 2. The second-order valence-corrected chi connectivity index (χ2v) is 15.7. The zero-order valence-electron chi connectivity index (χ0n) is 26.4. The highest BCUT2D eigenvalue weighted by molar-refractivity contribution is 5.76. The van der Waals surface area contributed by atoms with E-state index in [1.165, 1.54) is 19.4 Å². The van der Waals surface area contributed by atoms with E-state index in [0.717, 1.165) is 38.5 Å². The Bertz CT molecular complexity index is 1150. The highest BCUT2D eigenvalue weighted by Crippen LogP contribution is 2.76. The van der Waals surface area contributed by atoms with E-state index in [1.54, 1.807) is 0 Å². The maximum atomic E-state index is 13.0. The van der Waals surface area contributed by atoms with Crippen molar-refractivity contribution in [3.8, 4) is 0 Å². The Balaban J connectivity index is 1.61. The number of carboxylic acid groups (broad SMARTS) is 1. The molecule has 0 radical (unpaired) electrons. The average Bonchev–Trinajstić information content (AvgIpc) is 2.88. The molecular weight excluding hydrogens is 520 g/mol. The fourth-order valence-corrected chi connectivity index (χ4v) is 11.5. The fraction of sp³-hybridized carbons (Fsp3) is 0.853. The Kier molecular flexibility index (Phi) is 7.32. The van der Waals surface area contributed by atoms with Crippen molar-refractivity contribution in [1.29, 1.82) is 0 Å². The van der Waals surface area contributed by atoms with Gasteiger partial charge in [-0.1, -0.05) is 53.2 Å². The second kappa shape index (κ2) is 9.82. The topological polar surface area (TPSA) is 110 Å². The molecule has 0 heterocycles. The van der Waals surface area contributed by atoms with Crippen LogP contribution in [-0.4, -0.2) is 46.9 Å². The van der Waals surface area contributed by atoms with Crippen molar-refractivity contribution in [3.05, 3.63) is 11.6 Å². The number of esters is 2. The number of hydrogen-bond donors (Lipinski definition) is 2. The van der Waals surface area contributed by atoms with Gasteiger partial charge in [-0.25, -0.2) is 0 Å². The van der Waals surface area contributed by atoms with Crippen LogP contribution in [0.25, 0.3) is 0 Å². The third kappa shape index (κ3) is 4.10. The van der Waals surface area contributed by atoms with Gasteiger partial charge in [-0.2, -0.15) is 0 Å². The molecule has 12 atom stereocenters. The summed E-state index contributed by atoms with van der Waals surface area (Å²) in [5, 5.41) is 22.3. The van der Waals surface area contributed by atoms with Crippen LogP contribution >= 0.6 is 0 Å². The molecule has 0 bridgehead atoms. The molecule has 7 nitrogen and oxygen atoms in total. The van der Waals surface area contributed by atoms with Crippen LogP contribution in [0.4, 0.5) is 0 Å². The first kappa shape index (κ1) is 30.6. The van der Waals surface area contributed by atoms with Gasteiger partial charge in [-0.3, -0.25) is 14.4 Å². The summed E-state index contributed by atoms with van der Waals surface area (Å²) in [6.45, 7) is 16.6. The molecule has 0 aromatic carbocycles. The highest BCUT2D eigenvalue weighted by Gasteiger charge is 2.71.